The van der Waals surface area contributed by atoms with Gasteiger partial charge in [-0.3, -0.25) is 4.79 Å². The second-order valence-corrected chi connectivity index (χ2v) is 3.97. The zero-order valence-electron chi connectivity index (χ0n) is 8.34. The maximum Gasteiger partial charge on any atom is 0.314 e. The third-order valence-corrected chi connectivity index (χ3v) is 3.00. The van der Waals surface area contributed by atoms with E-state index in [4.69, 9.17) is 0 Å². The summed E-state index contributed by atoms with van der Waals surface area (Å²) >= 11 is 0. The maximum atomic E-state index is 11.2. The summed E-state index contributed by atoms with van der Waals surface area (Å²) in [7, 11) is 0. The van der Waals surface area contributed by atoms with E-state index in [9.17, 15) is 15.0 Å². The molecule has 1 aliphatic rings. The van der Waals surface area contributed by atoms with Crippen molar-refractivity contribution in [1.82, 2.24) is 9.97 Å². The number of aliphatic carboxylic acids is 1. The van der Waals surface area contributed by atoms with Crippen molar-refractivity contribution in [3.05, 3.63) is 23.8 Å². The molecule has 0 aromatic carbocycles. The normalized spacial score (nSPS) is 29.6. The highest BCUT2D eigenvalue weighted by Gasteiger charge is 2.52. The van der Waals surface area contributed by atoms with Gasteiger partial charge in [-0.15, -0.1) is 0 Å². The minimum absolute atomic E-state index is 0.247. The van der Waals surface area contributed by atoms with Gasteiger partial charge in [0.1, 0.15) is 11.7 Å². The van der Waals surface area contributed by atoms with Crippen molar-refractivity contribution in [1.29, 1.82) is 0 Å². The number of carboxylic acids is 1. The number of carbonyl (C=O) groups is 1. The number of aromatic nitrogens is 2. The Morgan fingerprint density at radius 2 is 2.27 bits per heavy atom. The Labute approximate surface area is 86.8 Å². The van der Waals surface area contributed by atoms with Gasteiger partial charge in [0.25, 0.3) is 0 Å². The van der Waals surface area contributed by atoms with Gasteiger partial charge in [0, 0.05) is 17.5 Å². The summed E-state index contributed by atoms with van der Waals surface area (Å²) in [6, 6.07) is 0. The number of aryl methyl sites for hydroxylation is 1. The van der Waals surface area contributed by atoms with Crippen LogP contribution in [0.4, 0.5) is 0 Å². The number of carboxylic acid groups (broad SMARTS) is 1. The van der Waals surface area contributed by atoms with Gasteiger partial charge in [0.2, 0.25) is 0 Å². The third kappa shape index (κ3) is 1.39. The Morgan fingerprint density at radius 1 is 1.60 bits per heavy atom. The minimum atomic E-state index is -0.981. The number of aliphatic hydroxyl groups excluding tert-OH is 1. The van der Waals surface area contributed by atoms with E-state index >= 15 is 0 Å². The summed E-state index contributed by atoms with van der Waals surface area (Å²) < 4.78 is 0. The summed E-state index contributed by atoms with van der Waals surface area (Å²) in [5.74, 6) is -0.911. The van der Waals surface area contributed by atoms with Gasteiger partial charge in [-0.25, -0.2) is 9.97 Å². The molecule has 1 fully saturated rings. The lowest BCUT2D eigenvalue weighted by atomic mass is 9.62. The van der Waals surface area contributed by atoms with Crippen molar-refractivity contribution >= 4 is 5.97 Å². The Morgan fingerprint density at radius 3 is 2.73 bits per heavy atom. The Kier molecular flexibility index (Phi) is 2.19. The quantitative estimate of drug-likeness (QED) is 0.728. The molecule has 0 bridgehead atoms. The fourth-order valence-corrected chi connectivity index (χ4v) is 2.12. The molecule has 1 saturated carbocycles. The molecule has 1 heterocycles. The predicted octanol–water partition coefficient (Wildman–Crippen LogP) is 0.262. The Bertz CT molecular complexity index is 399. The number of hydrogen-bond acceptors (Lipinski definition) is 4. The van der Waals surface area contributed by atoms with Crippen LogP contribution in [-0.2, 0) is 10.2 Å². The summed E-state index contributed by atoms with van der Waals surface area (Å²) in [6.07, 6.45) is 2.89. The van der Waals surface area contributed by atoms with E-state index in [-0.39, 0.29) is 12.8 Å². The maximum absolute atomic E-state index is 11.2. The van der Waals surface area contributed by atoms with Gasteiger partial charge in [0.05, 0.1) is 6.10 Å². The molecule has 0 aliphatic heterocycles. The van der Waals surface area contributed by atoms with Crippen LogP contribution in [0.2, 0.25) is 0 Å². The first-order valence-electron chi connectivity index (χ1n) is 4.75. The molecule has 2 rings (SSSR count). The second-order valence-electron chi connectivity index (χ2n) is 3.97. The smallest absolute Gasteiger partial charge is 0.314 e. The molecule has 0 atom stereocenters. The highest BCUT2D eigenvalue weighted by molar-refractivity contribution is 5.83. The fourth-order valence-electron chi connectivity index (χ4n) is 2.12. The zero-order chi connectivity index (χ0) is 11.1. The van der Waals surface area contributed by atoms with Gasteiger partial charge in [-0.2, -0.15) is 0 Å². The van der Waals surface area contributed by atoms with Crippen LogP contribution in [0, 0.1) is 6.92 Å². The molecule has 5 nitrogen and oxygen atoms in total. The molecule has 1 aliphatic carbocycles. The monoisotopic (exact) mass is 208 g/mol. The second kappa shape index (κ2) is 3.27. The average molecular weight is 208 g/mol. The first-order chi connectivity index (χ1) is 7.06. The third-order valence-electron chi connectivity index (χ3n) is 3.00. The SMILES string of the molecule is Cc1ncncc1C1(C(=O)O)CC(O)C1. The first-order valence-corrected chi connectivity index (χ1v) is 4.75. The van der Waals surface area contributed by atoms with Crippen LogP contribution in [0.3, 0.4) is 0 Å². The zero-order valence-corrected chi connectivity index (χ0v) is 8.34. The van der Waals surface area contributed by atoms with Crippen LogP contribution in [0.15, 0.2) is 12.5 Å². The van der Waals surface area contributed by atoms with Crippen LogP contribution >= 0.6 is 0 Å². The average Bonchev–Trinajstić information content (AvgIpc) is 2.13. The fraction of sp³-hybridized carbons (Fsp3) is 0.500. The van der Waals surface area contributed by atoms with Gasteiger partial charge in [-0.1, -0.05) is 0 Å². The molecule has 0 spiro atoms. The number of hydrogen-bond donors (Lipinski definition) is 2. The standard InChI is InChI=1S/C10H12N2O3/c1-6-8(4-11-5-12-6)10(9(14)15)2-7(13)3-10/h4-5,7,13H,2-3H2,1H3,(H,14,15). The summed E-state index contributed by atoms with van der Waals surface area (Å²) in [5, 5.41) is 18.5. The predicted molar refractivity (Wildman–Crippen MR) is 51.3 cm³/mol. The molecule has 1 aromatic heterocycles. The summed E-state index contributed by atoms with van der Waals surface area (Å²) in [5.41, 5.74) is 0.298. The largest absolute Gasteiger partial charge is 0.481 e. The van der Waals surface area contributed by atoms with Crippen molar-refractivity contribution in [3.63, 3.8) is 0 Å². The molecule has 0 amide bonds. The van der Waals surface area contributed by atoms with Crippen molar-refractivity contribution in [2.75, 3.05) is 0 Å². The van der Waals surface area contributed by atoms with Crippen molar-refractivity contribution < 1.29 is 15.0 Å². The molecule has 5 heteroatoms. The lowest BCUT2D eigenvalue weighted by Crippen LogP contribution is -2.51. The molecule has 0 unspecified atom stereocenters. The topological polar surface area (TPSA) is 83.3 Å². The molecule has 1 aromatic rings. The molecule has 15 heavy (non-hydrogen) atoms. The Hall–Kier alpha value is -1.49. The highest BCUT2D eigenvalue weighted by Crippen LogP contribution is 2.44. The van der Waals surface area contributed by atoms with E-state index in [1.165, 1.54) is 12.5 Å². The van der Waals surface area contributed by atoms with Crippen molar-refractivity contribution in [2.45, 2.75) is 31.3 Å². The van der Waals surface area contributed by atoms with E-state index < -0.39 is 17.5 Å². The summed E-state index contributed by atoms with van der Waals surface area (Å²) in [6.45, 7) is 1.76. The van der Waals surface area contributed by atoms with Crippen LogP contribution < -0.4 is 0 Å². The number of rotatable bonds is 2. The molecular formula is C10H12N2O3. The van der Waals surface area contributed by atoms with Crippen LogP contribution in [0.5, 0.6) is 0 Å². The van der Waals surface area contributed by atoms with Gasteiger partial charge >= 0.3 is 5.97 Å². The lowest BCUT2D eigenvalue weighted by molar-refractivity contribution is -0.153. The van der Waals surface area contributed by atoms with Gasteiger partial charge in [0.15, 0.2) is 0 Å². The molecule has 80 valence electrons. The van der Waals surface area contributed by atoms with E-state index in [1.54, 1.807) is 6.92 Å². The van der Waals surface area contributed by atoms with Crippen LogP contribution in [-0.4, -0.2) is 32.3 Å². The summed E-state index contributed by atoms with van der Waals surface area (Å²) in [4.78, 5) is 19.1. The Balaban J connectivity index is 2.43. The first kappa shape index (κ1) is 10.0. The van der Waals surface area contributed by atoms with E-state index in [0.29, 0.717) is 11.3 Å². The van der Waals surface area contributed by atoms with Gasteiger partial charge in [-0.05, 0) is 19.8 Å². The van der Waals surface area contributed by atoms with E-state index in [2.05, 4.69) is 9.97 Å². The van der Waals surface area contributed by atoms with Crippen molar-refractivity contribution in [3.8, 4) is 0 Å². The minimum Gasteiger partial charge on any atom is -0.481 e. The molecule has 0 radical (unpaired) electrons. The van der Waals surface area contributed by atoms with Crippen molar-refractivity contribution in [2.24, 2.45) is 0 Å². The van der Waals surface area contributed by atoms with Crippen LogP contribution in [0.25, 0.3) is 0 Å². The number of nitrogens with zero attached hydrogens (tertiary/aromatic N) is 2. The van der Waals surface area contributed by atoms with Crippen LogP contribution in [0.1, 0.15) is 24.1 Å². The number of aliphatic hydroxyl groups is 1. The molecular weight excluding hydrogens is 196 g/mol. The molecule has 0 saturated heterocycles. The lowest BCUT2D eigenvalue weighted by Gasteiger charge is -2.42. The van der Waals surface area contributed by atoms with E-state index in [0.717, 1.165) is 0 Å². The highest BCUT2D eigenvalue weighted by atomic mass is 16.4. The van der Waals surface area contributed by atoms with Gasteiger partial charge < -0.3 is 10.2 Å². The molecule has 2 N–H and O–H groups in total. The van der Waals surface area contributed by atoms with E-state index in [1.807, 2.05) is 0 Å².